The Kier molecular flexibility index (Phi) is 15.7. The molecule has 6 aromatic rings. The van der Waals surface area contributed by atoms with Gasteiger partial charge in [-0.1, -0.05) is 51.0 Å². The fourth-order valence-electron chi connectivity index (χ4n) is 10.0. The molecule has 0 radical (unpaired) electrons. The van der Waals surface area contributed by atoms with E-state index in [0.717, 1.165) is 160 Å². The summed E-state index contributed by atoms with van der Waals surface area (Å²) in [7, 11) is -6.93. The Labute approximate surface area is 411 Å². The fourth-order valence-corrected chi connectivity index (χ4v) is 13.1. The maximum absolute atomic E-state index is 12.9. The number of aliphatic hydroxyl groups excluding tert-OH is 2. The molecule has 0 unspecified atom stereocenters. The number of benzene rings is 2. The molecule has 0 spiro atoms. The first-order valence-electron chi connectivity index (χ1n) is 25.5. The van der Waals surface area contributed by atoms with Crippen LogP contribution in [-0.2, 0) is 20.0 Å². The maximum Gasteiger partial charge on any atom is 0.243 e. The van der Waals surface area contributed by atoms with Crippen LogP contribution in [0.5, 0.6) is 0 Å². The van der Waals surface area contributed by atoms with E-state index in [1.807, 2.05) is 46.0 Å². The van der Waals surface area contributed by atoms with Gasteiger partial charge in [-0.05, 0) is 114 Å². The highest BCUT2D eigenvalue weighted by Crippen LogP contribution is 2.37. The Balaban J connectivity index is 0.000000174. The Morgan fingerprint density at radius 3 is 1.24 bits per heavy atom. The zero-order valence-electron chi connectivity index (χ0n) is 40.5. The van der Waals surface area contributed by atoms with E-state index in [-0.39, 0.29) is 24.3 Å². The van der Waals surface area contributed by atoms with E-state index in [1.165, 1.54) is 0 Å². The molecule has 0 atom stereocenters. The molecule has 376 valence electrons. The van der Waals surface area contributed by atoms with E-state index in [0.29, 0.717) is 47.9 Å². The zero-order valence-corrected chi connectivity index (χ0v) is 42.1. The van der Waals surface area contributed by atoms with Crippen LogP contribution in [0.15, 0.2) is 70.7 Å². The summed E-state index contributed by atoms with van der Waals surface area (Å²) in [6.45, 7) is 8.25. The highest BCUT2D eigenvalue weighted by molar-refractivity contribution is 7.89. The molecule has 20 heteroatoms. The molecule has 4 aromatic heterocycles. The number of sulfonamides is 2. The van der Waals surface area contributed by atoms with Crippen LogP contribution in [-0.4, -0.2) is 127 Å². The summed E-state index contributed by atoms with van der Waals surface area (Å²) in [5.41, 5.74) is 4.70. The van der Waals surface area contributed by atoms with Gasteiger partial charge in [0.2, 0.25) is 31.9 Å². The lowest BCUT2D eigenvalue weighted by Crippen LogP contribution is -2.27. The number of aliphatic hydroxyl groups is 2. The summed E-state index contributed by atoms with van der Waals surface area (Å²) in [5.74, 6) is 1.17. The van der Waals surface area contributed by atoms with Gasteiger partial charge in [0, 0.05) is 62.8 Å². The minimum atomic E-state index is -3.46. The summed E-state index contributed by atoms with van der Waals surface area (Å²) < 4.78 is 58.8. The molecule has 2 aliphatic carbocycles. The third-order valence-electron chi connectivity index (χ3n) is 14.2. The molecule has 10 rings (SSSR count). The number of rotatable bonds is 16. The molecule has 4 N–H and O–H groups in total. The van der Waals surface area contributed by atoms with Crippen LogP contribution in [0.2, 0.25) is 0 Å². The standard InChI is InChI=1S/2C25H34N6O3S/c2*1-2-3-14-26-25-27-17-22-23(29-31(24(22)28-25)19-8-10-20(32)11-9-19)18-6-12-21(13-7-18)35(33,34)30-15-4-5-16-30/h2*6-7,12-13,17,19-20,32H,2-5,8-11,14-16H2,1H3,(H,26,27,28). The summed E-state index contributed by atoms with van der Waals surface area (Å²) in [6, 6.07) is 14.3. The van der Waals surface area contributed by atoms with Crippen molar-refractivity contribution in [3.05, 3.63) is 60.9 Å². The van der Waals surface area contributed by atoms with Gasteiger partial charge >= 0.3 is 0 Å². The molecule has 4 aliphatic rings. The van der Waals surface area contributed by atoms with Crippen molar-refractivity contribution in [3.63, 3.8) is 0 Å². The van der Waals surface area contributed by atoms with Crippen LogP contribution in [0.1, 0.15) is 129 Å². The lowest BCUT2D eigenvalue weighted by molar-refractivity contribution is 0.108. The minimum Gasteiger partial charge on any atom is -0.393 e. The van der Waals surface area contributed by atoms with Crippen LogP contribution in [0.25, 0.3) is 44.6 Å². The van der Waals surface area contributed by atoms with Crippen molar-refractivity contribution < 1.29 is 27.0 Å². The fraction of sp³-hybridized carbons (Fsp3) is 0.560. The minimum absolute atomic E-state index is 0.155. The molecule has 18 nitrogen and oxygen atoms in total. The Bertz CT molecular complexity index is 2720. The van der Waals surface area contributed by atoms with Crippen molar-refractivity contribution in [3.8, 4) is 22.5 Å². The smallest absolute Gasteiger partial charge is 0.243 e. The second kappa shape index (κ2) is 22.1. The van der Waals surface area contributed by atoms with E-state index in [4.69, 9.17) is 20.2 Å². The first-order valence-corrected chi connectivity index (χ1v) is 28.4. The van der Waals surface area contributed by atoms with Crippen LogP contribution in [0.4, 0.5) is 11.9 Å². The molecule has 2 saturated carbocycles. The van der Waals surface area contributed by atoms with Crippen molar-refractivity contribution in [1.29, 1.82) is 0 Å². The molecule has 2 aromatic carbocycles. The second-order valence-corrected chi connectivity index (χ2v) is 23.1. The summed E-state index contributed by atoms with van der Waals surface area (Å²) in [6.07, 6.45) is 17.4. The molecule has 0 bridgehead atoms. The summed E-state index contributed by atoms with van der Waals surface area (Å²) >= 11 is 0. The average molecular weight is 997 g/mol. The predicted octanol–water partition coefficient (Wildman–Crippen LogP) is 7.93. The first kappa shape index (κ1) is 49.8. The molecule has 2 aliphatic heterocycles. The number of anilines is 2. The topological polar surface area (TPSA) is 226 Å². The summed E-state index contributed by atoms with van der Waals surface area (Å²) in [5, 5.41) is 38.2. The molecule has 70 heavy (non-hydrogen) atoms. The van der Waals surface area contributed by atoms with Crippen molar-refractivity contribution in [1.82, 2.24) is 48.1 Å². The quantitative estimate of drug-likeness (QED) is 0.0676. The van der Waals surface area contributed by atoms with Gasteiger partial charge in [0.1, 0.15) is 11.4 Å². The number of nitrogens with zero attached hydrogens (tertiary/aromatic N) is 10. The van der Waals surface area contributed by atoms with E-state index in [9.17, 15) is 27.0 Å². The predicted molar refractivity (Wildman–Crippen MR) is 271 cm³/mol. The molecule has 6 heterocycles. The zero-order chi connectivity index (χ0) is 48.8. The largest absolute Gasteiger partial charge is 0.393 e. The van der Waals surface area contributed by atoms with Crippen molar-refractivity contribution in [2.24, 2.45) is 0 Å². The Morgan fingerprint density at radius 1 is 0.543 bits per heavy atom. The second-order valence-electron chi connectivity index (χ2n) is 19.2. The molecular formula is C50H68N12O6S2. The van der Waals surface area contributed by atoms with E-state index in [2.05, 4.69) is 34.4 Å². The van der Waals surface area contributed by atoms with Gasteiger partial charge in [-0.3, -0.25) is 0 Å². The number of unbranched alkanes of at least 4 members (excludes halogenated alkanes) is 2. The molecular weight excluding hydrogens is 929 g/mol. The molecule has 0 amide bonds. The van der Waals surface area contributed by atoms with Crippen molar-refractivity contribution >= 4 is 54.0 Å². The van der Waals surface area contributed by atoms with Crippen LogP contribution < -0.4 is 10.6 Å². The maximum atomic E-state index is 12.9. The van der Waals surface area contributed by atoms with Crippen LogP contribution in [0, 0.1) is 0 Å². The average Bonchev–Trinajstić information content (AvgIpc) is 4.23. The third-order valence-corrected chi connectivity index (χ3v) is 18.0. The number of aromatic nitrogens is 8. The SMILES string of the molecule is CCCCNc1ncc2c(-c3ccc(S(=O)(=O)N4CCCC4)cc3)nn(C3CCC(O)CC3)c2n1.CCCCNc1ncc2c(-c3ccc(S(=O)(=O)N4CCCC4)cc3)nn(C3CCC(O)CC3)c2n1. The van der Waals surface area contributed by atoms with Crippen molar-refractivity contribution in [2.75, 3.05) is 49.9 Å². The Morgan fingerprint density at radius 2 is 0.900 bits per heavy atom. The van der Waals surface area contributed by atoms with Crippen LogP contribution in [0.3, 0.4) is 0 Å². The first-order chi connectivity index (χ1) is 33.9. The van der Waals surface area contributed by atoms with Gasteiger partial charge < -0.3 is 20.8 Å². The van der Waals surface area contributed by atoms with E-state index in [1.54, 1.807) is 32.9 Å². The van der Waals surface area contributed by atoms with E-state index >= 15 is 0 Å². The van der Waals surface area contributed by atoms with E-state index < -0.39 is 20.0 Å². The number of hydrogen-bond donors (Lipinski definition) is 4. The van der Waals surface area contributed by atoms with Gasteiger partial charge in [-0.2, -0.15) is 28.8 Å². The lowest BCUT2D eigenvalue weighted by atomic mass is 9.93. The van der Waals surface area contributed by atoms with Gasteiger partial charge in [0.05, 0.1) is 44.9 Å². The number of fused-ring (bicyclic) bond motifs is 2. The summed E-state index contributed by atoms with van der Waals surface area (Å²) in [4.78, 5) is 19.3. The monoisotopic (exact) mass is 996 g/mol. The van der Waals surface area contributed by atoms with Gasteiger partial charge in [-0.25, -0.2) is 36.2 Å². The van der Waals surface area contributed by atoms with Gasteiger partial charge in [0.15, 0.2) is 11.3 Å². The Hall–Kier alpha value is -5.12. The third kappa shape index (κ3) is 10.9. The number of hydrogen-bond acceptors (Lipinski definition) is 14. The molecule has 4 fully saturated rings. The highest BCUT2D eigenvalue weighted by Gasteiger charge is 2.31. The van der Waals surface area contributed by atoms with Gasteiger partial charge in [-0.15, -0.1) is 0 Å². The van der Waals surface area contributed by atoms with Crippen LogP contribution >= 0.6 is 0 Å². The highest BCUT2D eigenvalue weighted by atomic mass is 32.2. The lowest BCUT2D eigenvalue weighted by Gasteiger charge is -2.25. The molecule has 2 saturated heterocycles. The van der Waals surface area contributed by atoms with Gasteiger partial charge in [0.25, 0.3) is 0 Å². The van der Waals surface area contributed by atoms with Crippen molar-refractivity contribution in [2.45, 2.75) is 151 Å². The number of nitrogens with one attached hydrogen (secondary N) is 2. The normalized spacial score (nSPS) is 21.5.